The molecular formula is C15H23BrFNO. The number of hydrogen-bond acceptors (Lipinski definition) is 2. The second kappa shape index (κ2) is 8.67. The van der Waals surface area contributed by atoms with Crippen LogP contribution in [-0.4, -0.2) is 20.3 Å². The molecular weight excluding hydrogens is 309 g/mol. The largest absolute Gasteiger partial charge is 0.385 e. The minimum atomic E-state index is -0.220. The van der Waals surface area contributed by atoms with Gasteiger partial charge in [0.15, 0.2) is 0 Å². The van der Waals surface area contributed by atoms with Crippen LogP contribution in [0.1, 0.15) is 38.3 Å². The van der Waals surface area contributed by atoms with E-state index in [0.717, 1.165) is 31.6 Å². The molecule has 0 fully saturated rings. The van der Waals surface area contributed by atoms with Crippen LogP contribution >= 0.6 is 15.9 Å². The Morgan fingerprint density at radius 2 is 2.16 bits per heavy atom. The number of methoxy groups -OCH3 is 1. The van der Waals surface area contributed by atoms with Crippen LogP contribution in [0.5, 0.6) is 0 Å². The molecule has 1 rings (SSSR count). The fraction of sp³-hybridized carbons (Fsp3) is 0.600. The topological polar surface area (TPSA) is 21.3 Å². The summed E-state index contributed by atoms with van der Waals surface area (Å²) >= 11 is 3.26. The molecule has 0 aliphatic heterocycles. The number of hydrogen-bond donors (Lipinski definition) is 1. The lowest BCUT2D eigenvalue weighted by molar-refractivity contribution is 0.170. The van der Waals surface area contributed by atoms with E-state index in [1.165, 1.54) is 6.07 Å². The third-order valence-electron chi connectivity index (χ3n) is 3.26. The zero-order chi connectivity index (χ0) is 14.3. The summed E-state index contributed by atoms with van der Waals surface area (Å²) in [6.45, 7) is 6.04. The SMILES string of the molecule is CCCNC(c1ccc(F)c(Br)c1)C(C)CCOC. The zero-order valence-electron chi connectivity index (χ0n) is 11.9. The third kappa shape index (κ3) is 5.21. The first-order valence-corrected chi connectivity index (χ1v) is 7.56. The van der Waals surface area contributed by atoms with Gasteiger partial charge in [-0.2, -0.15) is 0 Å². The molecule has 1 aromatic carbocycles. The van der Waals surface area contributed by atoms with Crippen LogP contribution in [-0.2, 0) is 4.74 Å². The van der Waals surface area contributed by atoms with Crippen LogP contribution in [0, 0.1) is 11.7 Å². The van der Waals surface area contributed by atoms with Crippen molar-refractivity contribution in [3.63, 3.8) is 0 Å². The summed E-state index contributed by atoms with van der Waals surface area (Å²) in [7, 11) is 1.72. The molecule has 0 aliphatic rings. The van der Waals surface area contributed by atoms with Gasteiger partial charge in [-0.3, -0.25) is 0 Å². The van der Waals surface area contributed by atoms with E-state index in [4.69, 9.17) is 4.74 Å². The molecule has 0 bridgehead atoms. The summed E-state index contributed by atoms with van der Waals surface area (Å²) in [6, 6.07) is 5.47. The van der Waals surface area contributed by atoms with Crippen LogP contribution in [0.2, 0.25) is 0 Å². The molecule has 4 heteroatoms. The molecule has 0 radical (unpaired) electrons. The Labute approximate surface area is 123 Å². The summed E-state index contributed by atoms with van der Waals surface area (Å²) in [5, 5.41) is 3.54. The van der Waals surface area contributed by atoms with Crippen LogP contribution in [0.15, 0.2) is 22.7 Å². The van der Waals surface area contributed by atoms with Crippen molar-refractivity contribution in [1.29, 1.82) is 0 Å². The lowest BCUT2D eigenvalue weighted by Crippen LogP contribution is -2.28. The van der Waals surface area contributed by atoms with Crippen molar-refractivity contribution in [3.8, 4) is 0 Å². The van der Waals surface area contributed by atoms with Gasteiger partial charge < -0.3 is 10.1 Å². The Bertz CT molecular complexity index is 386. The maximum Gasteiger partial charge on any atom is 0.137 e. The number of halogens is 2. The van der Waals surface area contributed by atoms with Crippen molar-refractivity contribution in [3.05, 3.63) is 34.1 Å². The molecule has 1 N–H and O–H groups in total. The minimum Gasteiger partial charge on any atom is -0.385 e. The quantitative estimate of drug-likeness (QED) is 0.766. The number of benzene rings is 1. The standard InChI is InChI=1S/C15H23BrFNO/c1-4-8-18-15(11(2)7-9-19-3)12-5-6-14(17)13(16)10-12/h5-6,10-11,15,18H,4,7-9H2,1-3H3. The predicted molar refractivity (Wildman–Crippen MR) is 80.8 cm³/mol. The smallest absolute Gasteiger partial charge is 0.137 e. The highest BCUT2D eigenvalue weighted by atomic mass is 79.9. The van der Waals surface area contributed by atoms with Crippen molar-refractivity contribution >= 4 is 15.9 Å². The van der Waals surface area contributed by atoms with E-state index >= 15 is 0 Å². The van der Waals surface area contributed by atoms with Crippen LogP contribution in [0.4, 0.5) is 4.39 Å². The number of ether oxygens (including phenoxy) is 1. The lowest BCUT2D eigenvalue weighted by Gasteiger charge is -2.26. The van der Waals surface area contributed by atoms with Crippen LogP contribution in [0.25, 0.3) is 0 Å². The molecule has 0 heterocycles. The molecule has 0 saturated carbocycles. The molecule has 1 aromatic rings. The maximum absolute atomic E-state index is 13.3. The number of nitrogens with one attached hydrogen (secondary N) is 1. The van der Waals surface area contributed by atoms with Gasteiger partial charge in [0.1, 0.15) is 5.82 Å². The first kappa shape index (κ1) is 16.6. The van der Waals surface area contributed by atoms with Gasteiger partial charge in [-0.15, -0.1) is 0 Å². The predicted octanol–water partition coefficient (Wildman–Crippen LogP) is 4.30. The van der Waals surface area contributed by atoms with Crippen molar-refractivity contribution < 1.29 is 9.13 Å². The van der Waals surface area contributed by atoms with Crippen molar-refractivity contribution in [2.75, 3.05) is 20.3 Å². The zero-order valence-corrected chi connectivity index (χ0v) is 13.5. The van der Waals surface area contributed by atoms with Crippen molar-refractivity contribution in [1.82, 2.24) is 5.32 Å². The van der Waals surface area contributed by atoms with E-state index in [0.29, 0.717) is 10.4 Å². The molecule has 0 aliphatic carbocycles. The normalized spacial score (nSPS) is 14.4. The van der Waals surface area contributed by atoms with Gasteiger partial charge in [-0.25, -0.2) is 4.39 Å². The van der Waals surface area contributed by atoms with Gasteiger partial charge in [0.2, 0.25) is 0 Å². The van der Waals surface area contributed by atoms with Gasteiger partial charge in [0, 0.05) is 19.8 Å². The molecule has 108 valence electrons. The van der Waals surface area contributed by atoms with Gasteiger partial charge >= 0.3 is 0 Å². The van der Waals surface area contributed by atoms with Crippen molar-refractivity contribution in [2.45, 2.75) is 32.7 Å². The molecule has 2 atom stereocenters. The highest BCUT2D eigenvalue weighted by molar-refractivity contribution is 9.10. The third-order valence-corrected chi connectivity index (χ3v) is 3.87. The number of rotatable bonds is 8. The van der Waals surface area contributed by atoms with E-state index in [1.807, 2.05) is 12.1 Å². The average Bonchev–Trinajstić information content (AvgIpc) is 2.40. The summed E-state index contributed by atoms with van der Waals surface area (Å²) in [5.74, 6) is 0.214. The molecule has 19 heavy (non-hydrogen) atoms. The van der Waals surface area contributed by atoms with E-state index in [-0.39, 0.29) is 11.9 Å². The van der Waals surface area contributed by atoms with E-state index in [1.54, 1.807) is 7.11 Å². The Balaban J connectivity index is 2.84. The van der Waals surface area contributed by atoms with Gasteiger partial charge in [-0.1, -0.05) is 19.9 Å². The average molecular weight is 332 g/mol. The van der Waals surface area contributed by atoms with Gasteiger partial charge in [0.05, 0.1) is 4.47 Å². The van der Waals surface area contributed by atoms with E-state index in [9.17, 15) is 4.39 Å². The highest BCUT2D eigenvalue weighted by Gasteiger charge is 2.19. The van der Waals surface area contributed by atoms with Crippen molar-refractivity contribution in [2.24, 2.45) is 5.92 Å². The second-order valence-corrected chi connectivity index (χ2v) is 5.72. The molecule has 0 aromatic heterocycles. The maximum atomic E-state index is 13.3. The van der Waals surface area contributed by atoms with E-state index < -0.39 is 0 Å². The molecule has 0 spiro atoms. The Morgan fingerprint density at radius 1 is 1.42 bits per heavy atom. The molecule has 2 nitrogen and oxygen atoms in total. The summed E-state index contributed by atoms with van der Waals surface area (Å²) < 4.78 is 19.0. The first-order chi connectivity index (χ1) is 9.10. The minimum absolute atomic E-state index is 0.220. The molecule has 2 unspecified atom stereocenters. The second-order valence-electron chi connectivity index (χ2n) is 4.86. The summed E-state index contributed by atoms with van der Waals surface area (Å²) in [5.41, 5.74) is 1.12. The highest BCUT2D eigenvalue weighted by Crippen LogP contribution is 2.28. The summed E-state index contributed by atoms with van der Waals surface area (Å²) in [4.78, 5) is 0. The van der Waals surface area contributed by atoms with Gasteiger partial charge in [0.25, 0.3) is 0 Å². The first-order valence-electron chi connectivity index (χ1n) is 6.77. The van der Waals surface area contributed by atoms with Crippen LogP contribution < -0.4 is 5.32 Å². The molecule has 0 amide bonds. The monoisotopic (exact) mass is 331 g/mol. The Morgan fingerprint density at radius 3 is 2.74 bits per heavy atom. The van der Waals surface area contributed by atoms with E-state index in [2.05, 4.69) is 35.1 Å². The lowest BCUT2D eigenvalue weighted by atomic mass is 9.92. The molecule has 0 saturated heterocycles. The van der Waals surface area contributed by atoms with Crippen LogP contribution in [0.3, 0.4) is 0 Å². The Hall–Kier alpha value is -0.450. The fourth-order valence-electron chi connectivity index (χ4n) is 2.12. The summed E-state index contributed by atoms with van der Waals surface area (Å²) in [6.07, 6.45) is 2.06. The Kier molecular flexibility index (Phi) is 7.57. The fourth-order valence-corrected chi connectivity index (χ4v) is 2.52. The van der Waals surface area contributed by atoms with Gasteiger partial charge in [-0.05, 0) is 58.9 Å².